The van der Waals surface area contributed by atoms with Gasteiger partial charge in [0.1, 0.15) is 0 Å². The van der Waals surface area contributed by atoms with Crippen molar-refractivity contribution in [3.05, 3.63) is 35.3 Å². The first-order valence-corrected chi connectivity index (χ1v) is 11.0. The second-order valence-corrected chi connectivity index (χ2v) is 9.18. The number of aromatic nitrogens is 3. The van der Waals surface area contributed by atoms with Gasteiger partial charge >= 0.3 is 0 Å². The van der Waals surface area contributed by atoms with Gasteiger partial charge in [-0.1, -0.05) is 6.07 Å². The SMILES string of the molecule is CC(C)n1ncc2c(C(=O)NC3CC4CCC(C3)N4)cc(-c3cccs3)nc21.Cl.Cl. The van der Waals surface area contributed by atoms with Crippen molar-refractivity contribution in [1.29, 1.82) is 0 Å². The zero-order chi connectivity index (χ0) is 19.3. The van der Waals surface area contributed by atoms with Crippen LogP contribution in [0.1, 0.15) is 55.9 Å². The molecule has 162 valence electrons. The molecule has 2 N–H and O–H groups in total. The number of pyridine rings is 1. The molecule has 9 heteroatoms. The average molecular weight is 468 g/mol. The minimum Gasteiger partial charge on any atom is -0.349 e. The lowest BCUT2D eigenvalue weighted by Gasteiger charge is -2.29. The summed E-state index contributed by atoms with van der Waals surface area (Å²) in [6.07, 6.45) is 6.25. The molecule has 0 aromatic carbocycles. The average Bonchev–Trinajstić information content (AvgIpc) is 3.40. The first kappa shape index (κ1) is 23.0. The van der Waals surface area contributed by atoms with Gasteiger partial charge in [-0.25, -0.2) is 9.67 Å². The van der Waals surface area contributed by atoms with Crippen LogP contribution in [0.3, 0.4) is 0 Å². The van der Waals surface area contributed by atoms with Gasteiger partial charge in [0.05, 0.1) is 27.7 Å². The van der Waals surface area contributed by atoms with Crippen LogP contribution < -0.4 is 10.6 Å². The Morgan fingerprint density at radius 1 is 1.27 bits per heavy atom. The van der Waals surface area contributed by atoms with Crippen LogP contribution >= 0.6 is 36.2 Å². The molecule has 2 atom stereocenters. The van der Waals surface area contributed by atoms with Crippen LogP contribution in [0.2, 0.25) is 0 Å². The second kappa shape index (κ2) is 9.22. The smallest absolute Gasteiger partial charge is 0.252 e. The number of halogens is 2. The van der Waals surface area contributed by atoms with Gasteiger partial charge in [0.25, 0.3) is 5.91 Å². The molecular weight excluding hydrogens is 441 g/mol. The lowest BCUT2D eigenvalue weighted by molar-refractivity contribution is 0.0925. The standard InChI is InChI=1S/C21H25N5OS.2ClH/c1-12(2)26-20-17(11-22-26)16(10-18(25-20)19-4-3-7-28-19)21(27)24-15-8-13-5-6-14(9-15)23-13;;/h3-4,7,10-15,23H,5-6,8-9H2,1-2H3,(H,24,27);2*1H. The van der Waals surface area contributed by atoms with Crippen molar-refractivity contribution in [2.45, 2.75) is 63.7 Å². The first-order valence-electron chi connectivity index (χ1n) is 10.1. The Hall–Kier alpha value is -1.67. The molecule has 6 nitrogen and oxygen atoms in total. The lowest BCUT2D eigenvalue weighted by Crippen LogP contribution is -2.48. The van der Waals surface area contributed by atoms with Gasteiger partial charge in [-0.05, 0) is 57.0 Å². The van der Waals surface area contributed by atoms with E-state index in [0.29, 0.717) is 17.6 Å². The van der Waals surface area contributed by atoms with Crippen LogP contribution in [0, 0.1) is 0 Å². The molecule has 3 aromatic rings. The molecule has 30 heavy (non-hydrogen) atoms. The third kappa shape index (κ3) is 4.21. The minimum absolute atomic E-state index is 0. The monoisotopic (exact) mass is 467 g/mol. The summed E-state index contributed by atoms with van der Waals surface area (Å²) >= 11 is 1.63. The van der Waals surface area contributed by atoms with Gasteiger partial charge in [-0.2, -0.15) is 5.10 Å². The Balaban J connectivity index is 0.00000128. The van der Waals surface area contributed by atoms with Crippen molar-refractivity contribution in [1.82, 2.24) is 25.4 Å². The number of carbonyl (C=O) groups excluding carboxylic acids is 1. The van der Waals surface area contributed by atoms with Gasteiger partial charge in [-0.3, -0.25) is 4.79 Å². The van der Waals surface area contributed by atoms with Gasteiger partial charge in [-0.15, -0.1) is 36.2 Å². The molecule has 3 aromatic heterocycles. The molecule has 0 aliphatic carbocycles. The number of nitrogens with one attached hydrogen (secondary N) is 2. The van der Waals surface area contributed by atoms with E-state index >= 15 is 0 Å². The molecule has 2 aliphatic rings. The number of amides is 1. The molecule has 0 spiro atoms. The van der Waals surface area contributed by atoms with Gasteiger partial charge in [0.15, 0.2) is 5.65 Å². The highest BCUT2D eigenvalue weighted by molar-refractivity contribution is 7.13. The van der Waals surface area contributed by atoms with Crippen molar-refractivity contribution >= 4 is 53.1 Å². The number of carbonyl (C=O) groups is 1. The highest BCUT2D eigenvalue weighted by Gasteiger charge is 2.34. The number of fused-ring (bicyclic) bond motifs is 3. The van der Waals surface area contributed by atoms with Crippen LogP contribution in [-0.2, 0) is 0 Å². The maximum Gasteiger partial charge on any atom is 0.252 e. The summed E-state index contributed by atoms with van der Waals surface area (Å²) < 4.78 is 1.90. The normalized spacial score (nSPS) is 22.6. The van der Waals surface area contributed by atoms with Crippen LogP contribution in [0.25, 0.3) is 21.6 Å². The summed E-state index contributed by atoms with van der Waals surface area (Å²) in [5.41, 5.74) is 2.28. The van der Waals surface area contributed by atoms with Crippen LogP contribution in [0.5, 0.6) is 0 Å². The molecular formula is C21H27Cl2N5OS. The van der Waals surface area contributed by atoms with E-state index < -0.39 is 0 Å². The molecule has 5 rings (SSSR count). The largest absolute Gasteiger partial charge is 0.349 e. The number of rotatable bonds is 4. The van der Waals surface area contributed by atoms with Gasteiger partial charge in [0, 0.05) is 24.2 Å². The number of nitrogens with zero attached hydrogens (tertiary/aromatic N) is 3. The highest BCUT2D eigenvalue weighted by atomic mass is 35.5. The summed E-state index contributed by atoms with van der Waals surface area (Å²) in [6, 6.07) is 7.49. The van der Waals surface area contributed by atoms with Crippen LogP contribution in [-0.4, -0.2) is 38.8 Å². The van der Waals surface area contributed by atoms with E-state index in [1.165, 1.54) is 12.8 Å². The quantitative estimate of drug-likeness (QED) is 0.587. The maximum absolute atomic E-state index is 13.3. The highest BCUT2D eigenvalue weighted by Crippen LogP contribution is 2.30. The van der Waals surface area contributed by atoms with Crippen LogP contribution in [0.4, 0.5) is 0 Å². The van der Waals surface area contributed by atoms with Gasteiger partial charge in [0.2, 0.25) is 0 Å². The molecule has 2 saturated heterocycles. The van der Waals surface area contributed by atoms with E-state index in [1.54, 1.807) is 17.5 Å². The Morgan fingerprint density at radius 3 is 2.63 bits per heavy atom. The van der Waals surface area contributed by atoms with E-state index in [0.717, 1.165) is 34.4 Å². The minimum atomic E-state index is -0.0141. The Bertz CT molecular complexity index is 1010. The third-order valence-corrected chi connectivity index (χ3v) is 6.77. The Kier molecular flexibility index (Phi) is 7.07. The first-order chi connectivity index (χ1) is 13.6. The Morgan fingerprint density at radius 2 is 2.00 bits per heavy atom. The fraction of sp³-hybridized carbons (Fsp3) is 0.476. The molecule has 2 bridgehead atoms. The lowest BCUT2D eigenvalue weighted by atomic mass is 9.99. The van der Waals surface area contributed by atoms with E-state index in [4.69, 9.17) is 4.98 Å². The molecule has 0 radical (unpaired) electrons. The maximum atomic E-state index is 13.3. The molecule has 5 heterocycles. The van der Waals surface area contributed by atoms with Gasteiger partial charge < -0.3 is 10.6 Å². The summed E-state index contributed by atoms with van der Waals surface area (Å²) in [4.78, 5) is 19.2. The molecule has 2 aliphatic heterocycles. The van der Waals surface area contributed by atoms with E-state index in [2.05, 4.69) is 29.6 Å². The van der Waals surface area contributed by atoms with Crippen molar-refractivity contribution in [3.63, 3.8) is 0 Å². The van der Waals surface area contributed by atoms with Crippen molar-refractivity contribution in [2.75, 3.05) is 0 Å². The number of thiophene rings is 1. The van der Waals surface area contributed by atoms with E-state index in [-0.39, 0.29) is 42.8 Å². The predicted molar refractivity (Wildman–Crippen MR) is 126 cm³/mol. The predicted octanol–water partition coefficient (Wildman–Crippen LogP) is 4.60. The number of hydrogen-bond donors (Lipinski definition) is 2. The summed E-state index contributed by atoms with van der Waals surface area (Å²) in [7, 11) is 0. The van der Waals surface area contributed by atoms with Crippen molar-refractivity contribution in [2.24, 2.45) is 0 Å². The third-order valence-electron chi connectivity index (χ3n) is 5.88. The summed E-state index contributed by atoms with van der Waals surface area (Å²) in [6.45, 7) is 4.16. The van der Waals surface area contributed by atoms with Crippen LogP contribution in [0.15, 0.2) is 29.8 Å². The molecule has 2 fully saturated rings. The topological polar surface area (TPSA) is 71.8 Å². The van der Waals surface area contributed by atoms with E-state index in [9.17, 15) is 4.79 Å². The fourth-order valence-electron chi connectivity index (χ4n) is 4.57. The summed E-state index contributed by atoms with van der Waals surface area (Å²) in [5.74, 6) is -0.0141. The second-order valence-electron chi connectivity index (χ2n) is 8.23. The number of hydrogen-bond acceptors (Lipinski definition) is 5. The molecule has 0 saturated carbocycles. The fourth-order valence-corrected chi connectivity index (χ4v) is 5.26. The molecule has 2 unspecified atom stereocenters. The number of piperidine rings is 1. The molecule has 1 amide bonds. The van der Waals surface area contributed by atoms with Crippen molar-refractivity contribution in [3.8, 4) is 10.6 Å². The zero-order valence-electron chi connectivity index (χ0n) is 17.0. The Labute approximate surface area is 192 Å². The van der Waals surface area contributed by atoms with E-state index in [1.807, 2.05) is 28.3 Å². The van der Waals surface area contributed by atoms with Crippen molar-refractivity contribution < 1.29 is 4.79 Å². The zero-order valence-corrected chi connectivity index (χ0v) is 19.4. The summed E-state index contributed by atoms with van der Waals surface area (Å²) in [5, 5.41) is 14.3.